The third-order valence-corrected chi connectivity index (χ3v) is 4.14. The van der Waals surface area contributed by atoms with E-state index in [4.69, 9.17) is 25.0 Å². The van der Waals surface area contributed by atoms with E-state index < -0.39 is 4.92 Å². The van der Waals surface area contributed by atoms with Crippen LogP contribution in [-0.2, 0) is 36.8 Å². The summed E-state index contributed by atoms with van der Waals surface area (Å²) in [5.74, 6) is 0.527. The molecule has 1 aliphatic rings. The van der Waals surface area contributed by atoms with Gasteiger partial charge in [0.2, 0.25) is 5.95 Å². The fourth-order valence-corrected chi connectivity index (χ4v) is 2.24. The molecule has 190 valence electrons. The fraction of sp³-hybridized carbons (Fsp3) is 0.444. The maximum atomic E-state index is 10.3. The van der Waals surface area contributed by atoms with Gasteiger partial charge in [0.05, 0.1) is 37.5 Å². The second kappa shape index (κ2) is 15.9. The van der Waals surface area contributed by atoms with E-state index >= 15 is 0 Å². The summed E-state index contributed by atoms with van der Waals surface area (Å²) < 4.78 is 12.8. The molecule has 16 heteroatoms. The summed E-state index contributed by atoms with van der Waals surface area (Å²) in [6.45, 7) is 4.44. The summed E-state index contributed by atoms with van der Waals surface area (Å²) >= 11 is 0. The topological polar surface area (TPSA) is 198 Å². The second-order valence-corrected chi connectivity index (χ2v) is 6.18. The fourth-order valence-electron chi connectivity index (χ4n) is 2.24. The standard InChI is InChI=1S/C6H9N3O3.C6H11N3O2.C5H7N3O.CH4O/c1-8-5(4-12-2)3-7-6(8)9(10)11;1-9-5(4-11-2)3-7-6(9)8-10;1-4-3-6-5(7-9)8(4)2;1-2/h3H,4H2,1-2H3;3,10H,4H2,1-2H3,(H,7,8);3,9H,1H2,2H3;2H,1H3/b;;7-5-;. The Morgan fingerprint density at radius 3 is 1.97 bits per heavy atom. The number of rotatable bonds is 6. The van der Waals surface area contributed by atoms with Gasteiger partial charge in [0, 0.05) is 35.4 Å². The van der Waals surface area contributed by atoms with Crippen molar-refractivity contribution in [3.8, 4) is 0 Å². The molecule has 0 fully saturated rings. The third kappa shape index (κ3) is 8.58. The molecule has 0 radical (unpaired) electrons. The minimum Gasteiger partial charge on any atom is -0.408 e. The maximum absolute atomic E-state index is 10.3. The summed E-state index contributed by atoms with van der Waals surface area (Å²) in [5, 5.41) is 37.0. The molecular weight excluding hydrogens is 454 g/mol. The monoisotopic (exact) mass is 485 g/mol. The average Bonchev–Trinajstić information content (AvgIpc) is 3.49. The number of aliphatic hydroxyl groups is 1. The van der Waals surface area contributed by atoms with E-state index in [1.807, 2.05) is 5.48 Å². The van der Waals surface area contributed by atoms with E-state index in [1.54, 1.807) is 43.9 Å². The summed E-state index contributed by atoms with van der Waals surface area (Å²) in [6, 6.07) is 0. The van der Waals surface area contributed by atoms with Crippen LogP contribution in [0.15, 0.2) is 34.8 Å². The zero-order valence-corrected chi connectivity index (χ0v) is 19.9. The quantitative estimate of drug-likeness (QED) is 0.255. The predicted molar refractivity (Wildman–Crippen MR) is 123 cm³/mol. The zero-order chi connectivity index (χ0) is 26.3. The van der Waals surface area contributed by atoms with Gasteiger partial charge in [-0.1, -0.05) is 11.6 Å². The minimum absolute atomic E-state index is 0.165. The molecule has 3 heterocycles. The van der Waals surface area contributed by atoms with Crippen LogP contribution in [0.5, 0.6) is 0 Å². The highest BCUT2D eigenvalue weighted by molar-refractivity contribution is 6.01. The van der Waals surface area contributed by atoms with Crippen LogP contribution in [0, 0.1) is 10.1 Å². The first-order valence-electron chi connectivity index (χ1n) is 9.38. The van der Waals surface area contributed by atoms with Crippen molar-refractivity contribution in [2.75, 3.05) is 33.9 Å². The number of nitrogens with one attached hydrogen (secondary N) is 1. The number of hydrogen-bond acceptors (Lipinski definition) is 11. The smallest absolute Gasteiger partial charge is 0.408 e. The molecule has 0 spiro atoms. The lowest BCUT2D eigenvalue weighted by Gasteiger charge is -2.07. The largest absolute Gasteiger partial charge is 0.434 e. The molecule has 0 amide bonds. The molecule has 1 aliphatic heterocycles. The molecule has 2 aromatic heterocycles. The van der Waals surface area contributed by atoms with Crippen LogP contribution in [0.3, 0.4) is 0 Å². The Kier molecular flexibility index (Phi) is 14.1. The van der Waals surface area contributed by atoms with E-state index in [1.165, 1.54) is 24.1 Å². The number of hydrogen-bond donors (Lipinski definition) is 4. The van der Waals surface area contributed by atoms with Crippen molar-refractivity contribution in [3.63, 3.8) is 0 Å². The highest BCUT2D eigenvalue weighted by atomic mass is 16.6. The molecule has 16 nitrogen and oxygen atoms in total. The van der Waals surface area contributed by atoms with E-state index in [9.17, 15) is 10.1 Å². The van der Waals surface area contributed by atoms with Gasteiger partial charge in [-0.2, -0.15) is 0 Å². The van der Waals surface area contributed by atoms with Crippen molar-refractivity contribution in [1.82, 2.24) is 24.0 Å². The van der Waals surface area contributed by atoms with Gasteiger partial charge in [0.25, 0.3) is 5.96 Å². The molecule has 0 aliphatic carbocycles. The van der Waals surface area contributed by atoms with Crippen LogP contribution in [0.4, 0.5) is 11.9 Å². The first-order valence-corrected chi connectivity index (χ1v) is 9.38. The second-order valence-electron chi connectivity index (χ2n) is 6.18. The van der Waals surface area contributed by atoms with Gasteiger partial charge in [-0.05, 0) is 10.1 Å². The Hall–Kier alpha value is -3.86. The van der Waals surface area contributed by atoms with E-state index in [0.717, 1.165) is 18.5 Å². The minimum atomic E-state index is -0.529. The molecule has 0 saturated heterocycles. The summed E-state index contributed by atoms with van der Waals surface area (Å²) in [7, 11) is 9.24. The molecule has 0 unspecified atom stereocenters. The van der Waals surface area contributed by atoms with Crippen LogP contribution >= 0.6 is 0 Å². The van der Waals surface area contributed by atoms with Crippen LogP contribution < -0.4 is 5.48 Å². The lowest BCUT2D eigenvalue weighted by Crippen LogP contribution is -2.17. The number of nitrogens with zero attached hydrogens (tertiary/aromatic N) is 8. The molecular formula is C18H31N9O7. The van der Waals surface area contributed by atoms with Crippen molar-refractivity contribution in [1.29, 1.82) is 0 Å². The van der Waals surface area contributed by atoms with Crippen LogP contribution in [0.1, 0.15) is 11.4 Å². The van der Waals surface area contributed by atoms with E-state index in [0.29, 0.717) is 24.9 Å². The van der Waals surface area contributed by atoms with Gasteiger partial charge in [0.1, 0.15) is 18.5 Å². The van der Waals surface area contributed by atoms with Gasteiger partial charge < -0.3 is 39.4 Å². The van der Waals surface area contributed by atoms with Crippen LogP contribution in [0.25, 0.3) is 0 Å². The average molecular weight is 486 g/mol. The van der Waals surface area contributed by atoms with Crippen LogP contribution in [-0.4, -0.2) is 85.0 Å². The molecule has 0 saturated carbocycles. The lowest BCUT2D eigenvalue weighted by atomic mass is 10.5. The number of aliphatic imine (C=N–C) groups is 1. The summed E-state index contributed by atoms with van der Waals surface area (Å²) in [4.78, 5) is 22.6. The molecule has 0 bridgehead atoms. The first-order chi connectivity index (χ1) is 16.2. The number of methoxy groups -OCH3 is 2. The number of imidazole rings is 2. The van der Waals surface area contributed by atoms with Crippen molar-refractivity contribution in [3.05, 3.63) is 46.2 Å². The van der Waals surface area contributed by atoms with E-state index in [2.05, 4.69) is 26.7 Å². The molecule has 0 atom stereocenters. The van der Waals surface area contributed by atoms with Crippen LogP contribution in [0.2, 0.25) is 0 Å². The highest BCUT2D eigenvalue weighted by Gasteiger charge is 2.16. The third-order valence-electron chi connectivity index (χ3n) is 4.14. The van der Waals surface area contributed by atoms with Crippen molar-refractivity contribution >= 4 is 24.1 Å². The molecule has 4 N–H and O–H groups in total. The predicted octanol–water partition coefficient (Wildman–Crippen LogP) is 0.712. The summed E-state index contributed by atoms with van der Waals surface area (Å²) in [6.07, 6.45) is 4.61. The molecule has 34 heavy (non-hydrogen) atoms. The zero-order valence-electron chi connectivity index (χ0n) is 19.9. The number of ether oxygens (including phenoxy) is 2. The Bertz CT molecular complexity index is 969. The van der Waals surface area contributed by atoms with Gasteiger partial charge in [-0.15, -0.1) is 0 Å². The highest BCUT2D eigenvalue weighted by Crippen LogP contribution is 2.10. The molecule has 3 rings (SSSR count). The molecule has 2 aromatic rings. The number of guanidine groups is 1. The normalized spacial score (nSPS) is 12.9. The number of aromatic nitrogens is 4. The van der Waals surface area contributed by atoms with Gasteiger partial charge in [-0.3, -0.25) is 5.21 Å². The Labute approximate surface area is 196 Å². The van der Waals surface area contributed by atoms with Crippen molar-refractivity contribution in [2.45, 2.75) is 13.2 Å². The Morgan fingerprint density at radius 1 is 1.12 bits per heavy atom. The summed E-state index contributed by atoms with van der Waals surface area (Å²) in [5.41, 5.74) is 4.29. The Balaban J connectivity index is 0.000000467. The Morgan fingerprint density at radius 2 is 1.65 bits per heavy atom. The SMILES string of the molecule is C=C1C=N/C(=N/O)N1C.CO.COCc1cnc(NO)n1C.COCc1cnc([N+](=O)[O-])n1C. The van der Waals surface area contributed by atoms with Crippen molar-refractivity contribution in [2.24, 2.45) is 24.2 Å². The van der Waals surface area contributed by atoms with Gasteiger partial charge >= 0.3 is 5.95 Å². The number of anilines is 1. The van der Waals surface area contributed by atoms with Gasteiger partial charge in [-0.25, -0.2) is 20.0 Å². The lowest BCUT2D eigenvalue weighted by molar-refractivity contribution is -0.396. The van der Waals surface area contributed by atoms with Crippen molar-refractivity contribution < 1.29 is 29.9 Å². The number of aliphatic hydroxyl groups excluding tert-OH is 1. The number of allylic oxidation sites excluding steroid dienone is 1. The maximum Gasteiger partial charge on any atom is 0.434 e. The number of oxime groups is 1. The number of nitro groups is 1. The first kappa shape index (κ1) is 30.1. The van der Waals surface area contributed by atoms with Gasteiger partial charge in [0.15, 0.2) is 0 Å². The van der Waals surface area contributed by atoms with E-state index in [-0.39, 0.29) is 11.9 Å². The molecule has 0 aromatic carbocycles.